The van der Waals surface area contributed by atoms with Gasteiger partial charge in [0.2, 0.25) is 0 Å². The molecule has 11 heteroatoms. The summed E-state index contributed by atoms with van der Waals surface area (Å²) in [5.74, 6) is -3.48. The average molecular weight is 650 g/mol. The number of ether oxygens (including phenoxy) is 5. The molecule has 5 aliphatic rings. The molecule has 0 radical (unpaired) electrons. The summed E-state index contributed by atoms with van der Waals surface area (Å²) in [6, 6.07) is 4.59. The van der Waals surface area contributed by atoms with E-state index in [1.54, 1.807) is 25.1 Å². The normalized spacial score (nSPS) is 39.1. The van der Waals surface area contributed by atoms with Crippen LogP contribution in [0.5, 0.6) is 0 Å². The van der Waals surface area contributed by atoms with Crippen molar-refractivity contribution in [2.24, 2.45) is 29.6 Å². The second-order valence-electron chi connectivity index (χ2n) is 13.4. The zero-order valence-electron chi connectivity index (χ0n) is 27.3. The van der Waals surface area contributed by atoms with Gasteiger partial charge in [-0.2, -0.15) is 0 Å². The number of allylic oxidation sites excluding steroid dienone is 3. The summed E-state index contributed by atoms with van der Waals surface area (Å²) in [4.78, 5) is 51.7. The fourth-order valence-electron chi connectivity index (χ4n) is 8.33. The van der Waals surface area contributed by atoms with Crippen LogP contribution in [0.25, 0.3) is 0 Å². The van der Waals surface area contributed by atoms with E-state index in [0.29, 0.717) is 12.0 Å². The lowest BCUT2D eigenvalue weighted by atomic mass is 9.57. The van der Waals surface area contributed by atoms with Crippen LogP contribution in [0.1, 0.15) is 40.5 Å². The first-order valence-corrected chi connectivity index (χ1v) is 16.3. The van der Waals surface area contributed by atoms with Gasteiger partial charge >= 0.3 is 17.9 Å². The summed E-state index contributed by atoms with van der Waals surface area (Å²) < 4.78 is 31.7. The molecule has 3 heterocycles. The number of aromatic nitrogens is 1. The first kappa shape index (κ1) is 33.1. The highest BCUT2D eigenvalue weighted by Crippen LogP contribution is 2.61. The summed E-state index contributed by atoms with van der Waals surface area (Å²) >= 11 is 0. The molecule has 2 aliphatic heterocycles. The highest BCUT2D eigenvalue weighted by Gasteiger charge is 2.69. The minimum Gasteiger partial charge on any atom is -0.457 e. The molecular formula is C36H43NO10. The minimum atomic E-state index is -1.02. The van der Waals surface area contributed by atoms with Crippen LogP contribution in [-0.2, 0) is 44.6 Å². The predicted molar refractivity (Wildman–Crippen MR) is 169 cm³/mol. The van der Waals surface area contributed by atoms with E-state index in [9.17, 15) is 24.3 Å². The molecule has 0 aromatic carbocycles. The van der Waals surface area contributed by atoms with Crippen LogP contribution >= 0.6 is 0 Å². The van der Waals surface area contributed by atoms with Crippen molar-refractivity contribution in [1.29, 1.82) is 0 Å². The van der Waals surface area contributed by atoms with Gasteiger partial charge in [0.25, 0.3) is 5.56 Å². The van der Waals surface area contributed by atoms with Crippen LogP contribution < -0.4 is 5.56 Å². The summed E-state index contributed by atoms with van der Waals surface area (Å²) in [7, 11) is 1.44. The average Bonchev–Trinajstić information content (AvgIpc) is 3.64. The Morgan fingerprint density at radius 3 is 2.68 bits per heavy atom. The van der Waals surface area contributed by atoms with Crippen molar-refractivity contribution in [3.63, 3.8) is 0 Å². The molecule has 1 aromatic heterocycles. The molecule has 1 spiro atoms. The van der Waals surface area contributed by atoms with Gasteiger partial charge in [0.15, 0.2) is 6.10 Å². The second-order valence-corrected chi connectivity index (χ2v) is 13.4. The third-order valence-corrected chi connectivity index (χ3v) is 10.7. The Labute approximate surface area is 273 Å². The van der Waals surface area contributed by atoms with Crippen molar-refractivity contribution < 1.29 is 43.2 Å². The Morgan fingerprint density at radius 1 is 1.19 bits per heavy atom. The molecule has 6 rings (SSSR count). The quantitative estimate of drug-likeness (QED) is 0.266. The Bertz CT molecular complexity index is 1590. The Morgan fingerprint density at radius 2 is 1.98 bits per heavy atom. The van der Waals surface area contributed by atoms with Crippen LogP contribution in [0.2, 0.25) is 0 Å². The van der Waals surface area contributed by atoms with Crippen molar-refractivity contribution in [1.82, 2.24) is 4.57 Å². The molecule has 0 amide bonds. The van der Waals surface area contributed by atoms with Crippen LogP contribution in [0, 0.1) is 29.6 Å². The zero-order valence-corrected chi connectivity index (χ0v) is 27.3. The molecule has 12 atom stereocenters. The first-order valence-electron chi connectivity index (χ1n) is 16.3. The largest absolute Gasteiger partial charge is 0.457 e. The summed E-state index contributed by atoms with van der Waals surface area (Å²) in [5.41, 5.74) is 0.0380. The fourth-order valence-corrected chi connectivity index (χ4v) is 8.33. The number of hydrogen-bond donors (Lipinski definition) is 1. The molecule has 4 bridgehead atoms. The number of hydrogen-bond acceptors (Lipinski definition) is 10. The number of esters is 3. The van der Waals surface area contributed by atoms with Gasteiger partial charge in [0, 0.05) is 54.5 Å². The number of pyridine rings is 1. The summed E-state index contributed by atoms with van der Waals surface area (Å²) in [6.07, 6.45) is 8.90. The van der Waals surface area contributed by atoms with E-state index < -0.39 is 72.0 Å². The van der Waals surface area contributed by atoms with Gasteiger partial charge in [-0.15, -0.1) is 0 Å². The lowest BCUT2D eigenvalue weighted by molar-refractivity contribution is -0.179. The standard InChI is InChI=1S/C36H43NO10/c1-19-16-20(2)36-24(13-14-25-29(36)30(40)21(3)32(33(25)47-36)46-34(41)23-10-6-7-11-23)17-26(43-5)35(42)45-31(19)22(4)44-28(39)18-37-15-9-8-12-27(37)38/h6-10,12-16,19,21-22,24-26,29-33,40H,11,17-18H2,1-5H3/b20-16+/t19-,21-,22-,24-,25-,26+,29+,30-,31+,32-,33-,36+/m1/s1. The predicted octanol–water partition coefficient (Wildman–Crippen LogP) is 3.06. The maximum absolute atomic E-state index is 13.6. The molecule has 2 fully saturated rings. The molecule has 1 saturated carbocycles. The molecule has 47 heavy (non-hydrogen) atoms. The molecular weight excluding hydrogens is 606 g/mol. The van der Waals surface area contributed by atoms with E-state index >= 15 is 0 Å². The Hall–Kier alpha value is -3.80. The molecule has 3 aliphatic carbocycles. The number of rotatable bonds is 7. The van der Waals surface area contributed by atoms with Crippen LogP contribution in [-0.4, -0.2) is 76.9 Å². The van der Waals surface area contributed by atoms with Crippen LogP contribution in [0.4, 0.5) is 0 Å². The van der Waals surface area contributed by atoms with Crippen molar-refractivity contribution in [3.05, 3.63) is 82.4 Å². The topological polar surface area (TPSA) is 140 Å². The van der Waals surface area contributed by atoms with E-state index in [2.05, 4.69) is 0 Å². The summed E-state index contributed by atoms with van der Waals surface area (Å²) in [6.45, 7) is 7.06. The molecule has 252 valence electrons. The first-order chi connectivity index (χ1) is 22.5. The molecule has 11 nitrogen and oxygen atoms in total. The maximum Gasteiger partial charge on any atom is 0.335 e. The second kappa shape index (κ2) is 13.0. The van der Waals surface area contributed by atoms with Gasteiger partial charge in [0.05, 0.1) is 6.10 Å². The van der Waals surface area contributed by atoms with Gasteiger partial charge in [-0.3, -0.25) is 9.59 Å². The van der Waals surface area contributed by atoms with Crippen LogP contribution in [0.15, 0.2) is 76.8 Å². The lowest BCUT2D eigenvalue weighted by Gasteiger charge is -2.49. The van der Waals surface area contributed by atoms with Gasteiger partial charge < -0.3 is 33.4 Å². The Kier molecular flexibility index (Phi) is 9.17. The number of carbonyl (C=O) groups is 3. The van der Waals surface area contributed by atoms with E-state index in [4.69, 9.17) is 23.7 Å². The van der Waals surface area contributed by atoms with Crippen molar-refractivity contribution in [2.75, 3.05) is 7.11 Å². The SMILES string of the molecule is CO[C@H]1C[C@H]2C=C[C@H]3[C@H]4O[C@]2(/C(C)=C/[C@@H](C)[C@@H]([C@@H](C)OC(=O)Cn2ccccc2=O)OC1=O)[C@@H]3[C@H](O)[C@@H](C)[C@H]4OC(=O)C1=CC=CC1. The number of methoxy groups -OCH3 is 1. The van der Waals surface area contributed by atoms with E-state index in [1.807, 2.05) is 51.2 Å². The van der Waals surface area contributed by atoms with Crippen molar-refractivity contribution >= 4 is 17.9 Å². The van der Waals surface area contributed by atoms with Gasteiger partial charge in [0.1, 0.15) is 36.6 Å². The molecule has 0 unspecified atom stereocenters. The Balaban J connectivity index is 1.31. The highest BCUT2D eigenvalue weighted by atomic mass is 16.6. The minimum absolute atomic E-state index is 0.212. The lowest BCUT2D eigenvalue weighted by Crippen LogP contribution is -2.57. The maximum atomic E-state index is 13.6. The van der Waals surface area contributed by atoms with Crippen molar-refractivity contribution in [3.8, 4) is 0 Å². The molecule has 1 saturated heterocycles. The van der Waals surface area contributed by atoms with Crippen LogP contribution in [0.3, 0.4) is 0 Å². The number of carbonyl (C=O) groups excluding carboxylic acids is 3. The molecule has 1 aromatic rings. The smallest absolute Gasteiger partial charge is 0.335 e. The third kappa shape index (κ3) is 5.83. The number of aliphatic hydroxyl groups excluding tert-OH is 1. The fraction of sp³-hybridized carbons (Fsp3) is 0.556. The van der Waals surface area contributed by atoms with E-state index in [1.165, 1.54) is 23.9 Å². The number of nitrogens with zero attached hydrogens (tertiary/aromatic N) is 1. The van der Waals surface area contributed by atoms with Gasteiger partial charge in [-0.05, 0) is 38.3 Å². The van der Waals surface area contributed by atoms with Crippen molar-refractivity contribution in [2.45, 2.75) is 89.3 Å². The van der Waals surface area contributed by atoms with Gasteiger partial charge in [-0.1, -0.05) is 56.4 Å². The number of cyclic esters (lactones) is 1. The van der Waals surface area contributed by atoms with E-state index in [-0.39, 0.29) is 36.3 Å². The summed E-state index contributed by atoms with van der Waals surface area (Å²) in [5, 5.41) is 11.9. The third-order valence-electron chi connectivity index (χ3n) is 10.7. The zero-order chi connectivity index (χ0) is 33.6. The molecule has 1 N–H and O–H groups in total. The number of aliphatic hydroxyl groups is 1. The highest BCUT2D eigenvalue weighted by molar-refractivity contribution is 5.90. The van der Waals surface area contributed by atoms with E-state index in [0.717, 1.165) is 5.57 Å². The monoisotopic (exact) mass is 649 g/mol. The van der Waals surface area contributed by atoms with Gasteiger partial charge in [-0.25, -0.2) is 9.59 Å².